The predicted octanol–water partition coefficient (Wildman–Crippen LogP) is 2.07. The molecule has 0 spiro atoms. The highest BCUT2D eigenvalue weighted by Crippen LogP contribution is 2.20. The quantitative estimate of drug-likeness (QED) is 0.785. The molecule has 3 aromatic heterocycles. The highest BCUT2D eigenvalue weighted by atomic mass is 32.1. The van der Waals surface area contributed by atoms with Gasteiger partial charge in [0.15, 0.2) is 5.13 Å². The maximum absolute atomic E-state index is 5.58. The summed E-state index contributed by atoms with van der Waals surface area (Å²) < 4.78 is 5.22. The molecule has 0 radical (unpaired) electrons. The molecule has 0 fully saturated rings. The number of nitrogen functional groups attached to an aromatic ring is 1. The molecule has 0 saturated heterocycles. The Bertz CT molecular complexity index is 705. The van der Waals surface area contributed by atoms with Crippen LogP contribution in [0.1, 0.15) is 17.1 Å². The second kappa shape index (κ2) is 4.77. The van der Waals surface area contributed by atoms with E-state index in [1.54, 1.807) is 12.4 Å². The van der Waals surface area contributed by atoms with Crippen molar-refractivity contribution in [1.82, 2.24) is 20.1 Å². The van der Waals surface area contributed by atoms with E-state index < -0.39 is 0 Å². The van der Waals surface area contributed by atoms with Crippen LogP contribution in [0, 0.1) is 6.92 Å². The maximum Gasteiger partial charge on any atom is 0.233 e. The predicted molar refractivity (Wildman–Crippen MR) is 71.6 cm³/mol. The molecule has 6 nitrogen and oxygen atoms in total. The minimum Gasteiger partial charge on any atom is -0.375 e. The zero-order chi connectivity index (χ0) is 13.2. The summed E-state index contributed by atoms with van der Waals surface area (Å²) in [6.07, 6.45) is 3.95. The molecule has 0 unspecified atom stereocenters. The molecule has 0 aliphatic carbocycles. The third kappa shape index (κ3) is 2.45. The largest absolute Gasteiger partial charge is 0.375 e. The van der Waals surface area contributed by atoms with E-state index in [2.05, 4.69) is 20.1 Å². The Hall–Kier alpha value is -2.28. The lowest BCUT2D eigenvalue weighted by atomic mass is 10.1. The molecule has 3 aromatic rings. The topological polar surface area (TPSA) is 90.7 Å². The highest BCUT2D eigenvalue weighted by Gasteiger charge is 2.12. The second-order valence-electron chi connectivity index (χ2n) is 4.06. The van der Waals surface area contributed by atoms with Gasteiger partial charge < -0.3 is 10.3 Å². The van der Waals surface area contributed by atoms with Gasteiger partial charge in [-0.15, -0.1) is 11.3 Å². The number of rotatable bonds is 3. The number of nitrogens with two attached hydrogens (primary N) is 1. The number of anilines is 1. The molecule has 19 heavy (non-hydrogen) atoms. The van der Waals surface area contributed by atoms with E-state index >= 15 is 0 Å². The molecule has 0 amide bonds. The lowest BCUT2D eigenvalue weighted by molar-refractivity contribution is 0.385. The van der Waals surface area contributed by atoms with Gasteiger partial charge in [0.05, 0.1) is 12.1 Å². The molecule has 0 saturated carbocycles. The Morgan fingerprint density at radius 2 is 2.26 bits per heavy atom. The van der Waals surface area contributed by atoms with E-state index in [1.807, 2.05) is 18.4 Å². The summed E-state index contributed by atoms with van der Waals surface area (Å²) in [6.45, 7) is 1.98. The van der Waals surface area contributed by atoms with Crippen molar-refractivity contribution in [3.63, 3.8) is 0 Å². The Balaban J connectivity index is 1.86. The van der Waals surface area contributed by atoms with E-state index in [9.17, 15) is 0 Å². The van der Waals surface area contributed by atoms with Gasteiger partial charge in [0.2, 0.25) is 11.7 Å². The number of aryl methyl sites for hydroxylation is 1. The smallest absolute Gasteiger partial charge is 0.233 e. The van der Waals surface area contributed by atoms with Crippen LogP contribution in [0.25, 0.3) is 11.4 Å². The summed E-state index contributed by atoms with van der Waals surface area (Å²) in [5, 5.41) is 6.39. The lowest BCUT2D eigenvalue weighted by Crippen LogP contribution is -1.91. The summed E-state index contributed by atoms with van der Waals surface area (Å²) in [5.74, 6) is 1.06. The number of hydrogen-bond acceptors (Lipinski definition) is 7. The van der Waals surface area contributed by atoms with E-state index in [0.29, 0.717) is 23.3 Å². The van der Waals surface area contributed by atoms with Crippen molar-refractivity contribution in [3.8, 4) is 11.4 Å². The van der Waals surface area contributed by atoms with Gasteiger partial charge in [-0.25, -0.2) is 4.98 Å². The molecule has 3 rings (SSSR count). The number of aromatic nitrogens is 4. The van der Waals surface area contributed by atoms with Crippen LogP contribution in [0.3, 0.4) is 0 Å². The van der Waals surface area contributed by atoms with Crippen molar-refractivity contribution < 1.29 is 4.52 Å². The maximum atomic E-state index is 5.58. The van der Waals surface area contributed by atoms with Crippen molar-refractivity contribution in [2.75, 3.05) is 5.73 Å². The van der Waals surface area contributed by atoms with Gasteiger partial charge in [-0.3, -0.25) is 4.98 Å². The van der Waals surface area contributed by atoms with Crippen LogP contribution in [0.15, 0.2) is 28.4 Å². The first kappa shape index (κ1) is 11.8. The van der Waals surface area contributed by atoms with Crippen LogP contribution >= 0.6 is 11.3 Å². The number of hydrogen-bond donors (Lipinski definition) is 1. The standard InChI is InChI=1S/C12H11N5OS/c1-7-2-3-14-5-9(7)11-16-10(18-17-11)4-8-6-19-12(13)15-8/h2-3,5-6H,4H2,1H3,(H2,13,15). The highest BCUT2D eigenvalue weighted by molar-refractivity contribution is 7.13. The van der Waals surface area contributed by atoms with Gasteiger partial charge >= 0.3 is 0 Å². The minimum atomic E-state index is 0.486. The van der Waals surface area contributed by atoms with E-state index in [4.69, 9.17) is 10.3 Å². The minimum absolute atomic E-state index is 0.486. The van der Waals surface area contributed by atoms with E-state index in [1.165, 1.54) is 11.3 Å². The Labute approximate surface area is 113 Å². The Morgan fingerprint density at radius 1 is 1.37 bits per heavy atom. The van der Waals surface area contributed by atoms with Crippen molar-refractivity contribution in [3.05, 3.63) is 41.0 Å². The summed E-state index contributed by atoms with van der Waals surface area (Å²) in [5.41, 5.74) is 8.34. The van der Waals surface area contributed by atoms with Crippen molar-refractivity contribution in [1.29, 1.82) is 0 Å². The Morgan fingerprint density at radius 3 is 3.00 bits per heavy atom. The molecule has 0 atom stereocenters. The normalized spacial score (nSPS) is 10.8. The van der Waals surface area contributed by atoms with Gasteiger partial charge in [0, 0.05) is 23.3 Å². The van der Waals surface area contributed by atoms with Crippen molar-refractivity contribution in [2.45, 2.75) is 13.3 Å². The molecular formula is C12H11N5OS. The first-order valence-corrected chi connectivity index (χ1v) is 6.54. The molecule has 0 aromatic carbocycles. The summed E-state index contributed by atoms with van der Waals surface area (Å²) in [7, 11) is 0. The summed E-state index contributed by atoms with van der Waals surface area (Å²) in [6, 6.07) is 1.91. The lowest BCUT2D eigenvalue weighted by Gasteiger charge is -1.97. The van der Waals surface area contributed by atoms with Gasteiger partial charge in [-0.2, -0.15) is 4.98 Å². The van der Waals surface area contributed by atoms with Crippen LogP contribution in [-0.2, 0) is 6.42 Å². The van der Waals surface area contributed by atoms with Gasteiger partial charge in [-0.1, -0.05) is 5.16 Å². The third-order valence-electron chi connectivity index (χ3n) is 2.65. The molecule has 3 heterocycles. The third-order valence-corrected chi connectivity index (χ3v) is 3.37. The number of pyridine rings is 1. The summed E-state index contributed by atoms with van der Waals surface area (Å²) >= 11 is 1.40. The molecule has 2 N–H and O–H groups in total. The Kier molecular flexibility index (Phi) is 2.96. The van der Waals surface area contributed by atoms with Gasteiger partial charge in [0.25, 0.3) is 0 Å². The number of thiazole rings is 1. The zero-order valence-corrected chi connectivity index (χ0v) is 11.0. The monoisotopic (exact) mass is 273 g/mol. The fourth-order valence-electron chi connectivity index (χ4n) is 1.69. The van der Waals surface area contributed by atoms with Crippen LogP contribution in [0.2, 0.25) is 0 Å². The number of nitrogens with zero attached hydrogens (tertiary/aromatic N) is 4. The fourth-order valence-corrected chi connectivity index (χ4v) is 2.26. The van der Waals surface area contributed by atoms with Crippen LogP contribution in [0.5, 0.6) is 0 Å². The first-order valence-electron chi connectivity index (χ1n) is 5.66. The van der Waals surface area contributed by atoms with Crippen molar-refractivity contribution in [2.24, 2.45) is 0 Å². The van der Waals surface area contributed by atoms with Crippen LogP contribution < -0.4 is 5.73 Å². The average molecular weight is 273 g/mol. The zero-order valence-electron chi connectivity index (χ0n) is 10.2. The van der Waals surface area contributed by atoms with E-state index in [-0.39, 0.29) is 0 Å². The molecule has 96 valence electrons. The SMILES string of the molecule is Cc1ccncc1-c1noc(Cc2csc(N)n2)n1. The molecule has 0 aliphatic heterocycles. The fraction of sp³-hybridized carbons (Fsp3) is 0.167. The molecule has 0 bridgehead atoms. The second-order valence-corrected chi connectivity index (χ2v) is 4.95. The average Bonchev–Trinajstić information content (AvgIpc) is 3.00. The van der Waals surface area contributed by atoms with E-state index in [0.717, 1.165) is 16.8 Å². The molecule has 0 aliphatic rings. The van der Waals surface area contributed by atoms with Gasteiger partial charge in [-0.05, 0) is 18.6 Å². The van der Waals surface area contributed by atoms with Crippen molar-refractivity contribution >= 4 is 16.5 Å². The summed E-state index contributed by atoms with van der Waals surface area (Å²) in [4.78, 5) is 12.6. The first-order chi connectivity index (χ1) is 9.22. The molecule has 7 heteroatoms. The van der Waals surface area contributed by atoms with Gasteiger partial charge in [0.1, 0.15) is 0 Å². The molecular weight excluding hydrogens is 262 g/mol. The van der Waals surface area contributed by atoms with Crippen LogP contribution in [0.4, 0.5) is 5.13 Å². The van der Waals surface area contributed by atoms with Crippen LogP contribution in [-0.4, -0.2) is 20.1 Å².